The van der Waals surface area contributed by atoms with Crippen LogP contribution in [0.4, 0.5) is 0 Å². The summed E-state index contributed by atoms with van der Waals surface area (Å²) in [4.78, 5) is 27.6. The van der Waals surface area contributed by atoms with Gasteiger partial charge in [0.2, 0.25) is 15.9 Å². The van der Waals surface area contributed by atoms with Gasteiger partial charge in [0, 0.05) is 32.7 Å². The number of carbonyl (C=O) groups excluding carboxylic acids is 1. The second-order valence-corrected chi connectivity index (χ2v) is 10.2. The molecule has 172 valence electrons. The maximum Gasteiger partial charge on any atom is 0.329 e. The van der Waals surface area contributed by atoms with Crippen molar-refractivity contribution in [2.24, 2.45) is 0 Å². The quantitative estimate of drug-likeness (QED) is 0.421. The van der Waals surface area contributed by atoms with Gasteiger partial charge in [0.1, 0.15) is 22.5 Å². The number of benzene rings is 2. The number of carbonyl (C=O) groups is 1. The number of sulfonamides is 1. The molecule has 1 saturated heterocycles. The fourth-order valence-corrected chi connectivity index (χ4v) is 6.45. The van der Waals surface area contributed by atoms with E-state index in [1.54, 1.807) is 21.6 Å². The van der Waals surface area contributed by atoms with Crippen molar-refractivity contribution in [1.82, 2.24) is 27.1 Å². The molecule has 3 heterocycles. The van der Waals surface area contributed by atoms with Gasteiger partial charge in [-0.05, 0) is 31.2 Å². The first-order valence-corrected chi connectivity index (χ1v) is 12.8. The molecule has 0 unspecified atom stereocenters. The van der Waals surface area contributed by atoms with Crippen LogP contribution in [0.2, 0.25) is 0 Å². The smallest absolute Gasteiger partial charge is 0.329 e. The number of para-hydroxylation sites is 2. The number of amides is 1. The lowest BCUT2D eigenvalue weighted by Crippen LogP contribution is -2.51. The van der Waals surface area contributed by atoms with Crippen LogP contribution in [0.3, 0.4) is 0 Å². The van der Waals surface area contributed by atoms with Gasteiger partial charge in [0.25, 0.3) is 0 Å². The number of rotatable bonds is 5. The van der Waals surface area contributed by atoms with Gasteiger partial charge in [-0.3, -0.25) is 13.9 Å². The summed E-state index contributed by atoms with van der Waals surface area (Å²) in [6.07, 6.45) is 0. The third-order valence-electron chi connectivity index (χ3n) is 5.99. The minimum absolute atomic E-state index is 0.0805. The number of imidazole rings is 1. The molecule has 0 bridgehead atoms. The van der Waals surface area contributed by atoms with E-state index in [-0.39, 0.29) is 49.2 Å². The first kappa shape index (κ1) is 21.7. The highest BCUT2D eigenvalue weighted by Crippen LogP contribution is 2.25. The zero-order valence-corrected chi connectivity index (χ0v) is 19.5. The van der Waals surface area contributed by atoms with Gasteiger partial charge in [-0.25, -0.2) is 13.2 Å². The topological polar surface area (TPSA) is 110 Å². The van der Waals surface area contributed by atoms with Crippen molar-refractivity contribution in [3.8, 4) is 0 Å². The lowest BCUT2D eigenvalue weighted by Gasteiger charge is -2.34. The zero-order chi connectivity index (χ0) is 23.2. The Morgan fingerprint density at radius 2 is 1.67 bits per heavy atom. The SMILES string of the molecule is CCn1c(=O)n(CC(=O)N2CCN(S(=O)(=O)c3cccc4nsnc34)CC2)c2ccccc21. The van der Waals surface area contributed by atoms with E-state index in [0.717, 1.165) is 17.2 Å². The Morgan fingerprint density at radius 3 is 2.36 bits per heavy atom. The van der Waals surface area contributed by atoms with Crippen LogP contribution in [0.5, 0.6) is 0 Å². The summed E-state index contributed by atoms with van der Waals surface area (Å²) in [7, 11) is -3.76. The molecule has 2 aromatic heterocycles. The first-order valence-electron chi connectivity index (χ1n) is 10.6. The Hall–Kier alpha value is -3.09. The highest BCUT2D eigenvalue weighted by molar-refractivity contribution is 7.89. The molecule has 12 heteroatoms. The summed E-state index contributed by atoms with van der Waals surface area (Å²) in [5, 5.41) is 0. The van der Waals surface area contributed by atoms with Crippen LogP contribution in [-0.4, -0.2) is 67.6 Å². The summed E-state index contributed by atoms with van der Waals surface area (Å²) >= 11 is 0.975. The molecular weight excluding hydrogens is 464 g/mol. The van der Waals surface area contributed by atoms with E-state index in [0.29, 0.717) is 23.1 Å². The number of hydrogen-bond donors (Lipinski definition) is 0. The monoisotopic (exact) mass is 486 g/mol. The molecule has 33 heavy (non-hydrogen) atoms. The molecule has 0 spiro atoms. The molecule has 5 rings (SSSR count). The highest BCUT2D eigenvalue weighted by Gasteiger charge is 2.32. The summed E-state index contributed by atoms with van der Waals surface area (Å²) in [6.45, 7) is 3.18. The Bertz CT molecular complexity index is 1510. The number of piperazine rings is 1. The molecule has 4 aromatic rings. The summed E-state index contributed by atoms with van der Waals surface area (Å²) < 4.78 is 39.2. The molecule has 0 atom stereocenters. The largest absolute Gasteiger partial charge is 0.338 e. The van der Waals surface area contributed by atoms with Gasteiger partial charge in [0.15, 0.2) is 0 Å². The lowest BCUT2D eigenvalue weighted by molar-refractivity contribution is -0.133. The number of aromatic nitrogens is 4. The normalized spacial score (nSPS) is 15.5. The summed E-state index contributed by atoms with van der Waals surface area (Å²) in [5.74, 6) is -0.209. The third-order valence-corrected chi connectivity index (χ3v) is 8.47. The molecule has 0 saturated carbocycles. The van der Waals surface area contributed by atoms with E-state index in [1.165, 1.54) is 14.9 Å². The lowest BCUT2D eigenvalue weighted by atomic mass is 10.3. The van der Waals surface area contributed by atoms with Gasteiger partial charge in [0.05, 0.1) is 22.8 Å². The van der Waals surface area contributed by atoms with Crippen LogP contribution in [-0.2, 0) is 27.9 Å². The molecular formula is C21H22N6O4S2. The minimum atomic E-state index is -3.76. The predicted octanol–water partition coefficient (Wildman–Crippen LogP) is 1.36. The fraction of sp³-hybridized carbons (Fsp3) is 0.333. The van der Waals surface area contributed by atoms with E-state index in [9.17, 15) is 18.0 Å². The standard InChI is InChI=1S/C21H22N6O4S2/c1-2-26-16-7-3-4-8-17(16)27(21(26)29)14-19(28)24-10-12-25(13-11-24)33(30,31)18-9-5-6-15-20(18)23-32-22-15/h3-9H,2,10-14H2,1H3. The van der Waals surface area contributed by atoms with Crippen molar-refractivity contribution < 1.29 is 13.2 Å². The second-order valence-electron chi connectivity index (χ2n) is 7.77. The van der Waals surface area contributed by atoms with Gasteiger partial charge in [-0.2, -0.15) is 13.1 Å². The van der Waals surface area contributed by atoms with Crippen LogP contribution in [0.25, 0.3) is 22.1 Å². The third kappa shape index (κ3) is 3.63. The molecule has 0 aliphatic carbocycles. The van der Waals surface area contributed by atoms with Gasteiger partial charge in [-0.15, -0.1) is 0 Å². The average molecular weight is 487 g/mol. The van der Waals surface area contributed by atoms with E-state index < -0.39 is 10.0 Å². The number of nitrogens with zero attached hydrogens (tertiary/aromatic N) is 6. The fourth-order valence-electron chi connectivity index (χ4n) is 4.27. The van der Waals surface area contributed by atoms with E-state index in [1.807, 2.05) is 31.2 Å². The molecule has 0 N–H and O–H groups in total. The number of fused-ring (bicyclic) bond motifs is 2. The van der Waals surface area contributed by atoms with Crippen molar-refractivity contribution in [1.29, 1.82) is 0 Å². The molecule has 1 amide bonds. The van der Waals surface area contributed by atoms with E-state index in [4.69, 9.17) is 0 Å². The minimum Gasteiger partial charge on any atom is -0.338 e. The van der Waals surface area contributed by atoms with Gasteiger partial charge >= 0.3 is 5.69 Å². The zero-order valence-electron chi connectivity index (χ0n) is 17.9. The molecule has 0 radical (unpaired) electrons. The van der Waals surface area contributed by atoms with Gasteiger partial charge in [-0.1, -0.05) is 18.2 Å². The Morgan fingerprint density at radius 1 is 0.970 bits per heavy atom. The Labute approximate surface area is 194 Å². The molecule has 1 fully saturated rings. The predicted molar refractivity (Wildman–Crippen MR) is 125 cm³/mol. The maximum absolute atomic E-state index is 13.2. The second kappa shape index (κ2) is 8.36. The van der Waals surface area contributed by atoms with E-state index >= 15 is 0 Å². The van der Waals surface area contributed by atoms with E-state index in [2.05, 4.69) is 8.75 Å². The summed E-state index contributed by atoms with van der Waals surface area (Å²) in [6, 6.07) is 12.3. The van der Waals surface area contributed by atoms with Crippen LogP contribution in [0.1, 0.15) is 6.92 Å². The molecule has 1 aliphatic rings. The van der Waals surface area contributed by atoms with Crippen LogP contribution >= 0.6 is 11.7 Å². The van der Waals surface area contributed by atoms with Gasteiger partial charge < -0.3 is 4.90 Å². The van der Waals surface area contributed by atoms with Crippen molar-refractivity contribution >= 4 is 49.7 Å². The number of hydrogen-bond acceptors (Lipinski definition) is 7. The average Bonchev–Trinajstić information content (AvgIpc) is 3.41. The van der Waals surface area contributed by atoms with Crippen molar-refractivity contribution in [2.75, 3.05) is 26.2 Å². The Kier molecular flexibility index (Phi) is 5.51. The van der Waals surface area contributed by atoms with Crippen LogP contribution in [0, 0.1) is 0 Å². The van der Waals surface area contributed by atoms with Crippen molar-refractivity contribution in [3.05, 3.63) is 52.9 Å². The van der Waals surface area contributed by atoms with Crippen molar-refractivity contribution in [3.63, 3.8) is 0 Å². The molecule has 2 aromatic carbocycles. The van der Waals surface area contributed by atoms with Crippen molar-refractivity contribution in [2.45, 2.75) is 24.9 Å². The first-order chi connectivity index (χ1) is 15.9. The highest BCUT2D eigenvalue weighted by atomic mass is 32.2. The maximum atomic E-state index is 13.2. The molecule has 10 nitrogen and oxygen atoms in total. The number of aryl methyl sites for hydroxylation is 1. The Balaban J connectivity index is 1.32. The van der Waals surface area contributed by atoms with Crippen LogP contribution < -0.4 is 5.69 Å². The van der Waals surface area contributed by atoms with Crippen LogP contribution in [0.15, 0.2) is 52.2 Å². The molecule has 1 aliphatic heterocycles. The summed E-state index contributed by atoms with van der Waals surface area (Å²) in [5.41, 5.74) is 2.20.